The molecule has 1 atom stereocenters. The van der Waals surface area contributed by atoms with Crippen molar-refractivity contribution in [2.24, 2.45) is 5.92 Å². The quantitative estimate of drug-likeness (QED) is 0.853. The third-order valence-electron chi connectivity index (χ3n) is 4.93. The summed E-state index contributed by atoms with van der Waals surface area (Å²) in [5.41, 5.74) is 2.75. The molecular weight excluding hydrogens is 260 g/mol. The topological polar surface area (TPSA) is 23.6 Å². The minimum Gasteiger partial charge on any atom is -0.342 e. The van der Waals surface area contributed by atoms with E-state index in [9.17, 15) is 4.79 Å². The van der Waals surface area contributed by atoms with Gasteiger partial charge in [0.25, 0.3) is 0 Å². The summed E-state index contributed by atoms with van der Waals surface area (Å²) < 4.78 is 0. The fourth-order valence-electron chi connectivity index (χ4n) is 3.62. The van der Waals surface area contributed by atoms with Gasteiger partial charge in [0.15, 0.2) is 0 Å². The molecule has 0 unspecified atom stereocenters. The first kappa shape index (κ1) is 14.6. The Labute approximate surface area is 127 Å². The Morgan fingerprint density at radius 2 is 1.90 bits per heavy atom. The van der Waals surface area contributed by atoms with Gasteiger partial charge < -0.3 is 4.90 Å². The van der Waals surface area contributed by atoms with E-state index in [4.69, 9.17) is 0 Å². The van der Waals surface area contributed by atoms with E-state index >= 15 is 0 Å². The van der Waals surface area contributed by atoms with Gasteiger partial charge in [0.1, 0.15) is 0 Å². The van der Waals surface area contributed by atoms with Gasteiger partial charge in [-0.25, -0.2) is 0 Å². The maximum atomic E-state index is 12.6. The Morgan fingerprint density at radius 1 is 1.14 bits per heavy atom. The van der Waals surface area contributed by atoms with Gasteiger partial charge in [-0.1, -0.05) is 24.3 Å². The van der Waals surface area contributed by atoms with Gasteiger partial charge in [0, 0.05) is 26.2 Å². The Hall–Kier alpha value is -1.35. The molecule has 0 saturated carbocycles. The second kappa shape index (κ2) is 6.61. The van der Waals surface area contributed by atoms with E-state index < -0.39 is 0 Å². The molecule has 3 rings (SSSR count). The summed E-state index contributed by atoms with van der Waals surface area (Å²) in [5.74, 6) is 0.628. The zero-order valence-corrected chi connectivity index (χ0v) is 13.1. The maximum absolute atomic E-state index is 12.6. The van der Waals surface area contributed by atoms with E-state index in [1.807, 2.05) is 0 Å². The SMILES string of the molecule is Cc1ccccc1CN1CCC[C@@H](C(=O)N2CCCC2)C1. The van der Waals surface area contributed by atoms with Crippen LogP contribution in [0.5, 0.6) is 0 Å². The van der Waals surface area contributed by atoms with Crippen LogP contribution in [0, 0.1) is 12.8 Å². The minimum absolute atomic E-state index is 0.223. The van der Waals surface area contributed by atoms with E-state index in [0.717, 1.165) is 45.6 Å². The molecule has 0 radical (unpaired) electrons. The van der Waals surface area contributed by atoms with Crippen LogP contribution in [0.3, 0.4) is 0 Å². The van der Waals surface area contributed by atoms with E-state index in [1.54, 1.807) is 0 Å². The van der Waals surface area contributed by atoms with Crippen molar-refractivity contribution in [3.63, 3.8) is 0 Å². The van der Waals surface area contributed by atoms with E-state index in [1.165, 1.54) is 24.0 Å². The Balaban J connectivity index is 1.60. The molecule has 3 nitrogen and oxygen atoms in total. The highest BCUT2D eigenvalue weighted by atomic mass is 16.2. The molecule has 2 aliphatic heterocycles. The molecule has 2 saturated heterocycles. The third-order valence-corrected chi connectivity index (χ3v) is 4.93. The summed E-state index contributed by atoms with van der Waals surface area (Å²) in [7, 11) is 0. The van der Waals surface area contributed by atoms with Crippen molar-refractivity contribution in [1.82, 2.24) is 9.80 Å². The van der Waals surface area contributed by atoms with Crippen molar-refractivity contribution in [2.45, 2.75) is 39.2 Å². The fraction of sp³-hybridized carbons (Fsp3) is 0.611. The van der Waals surface area contributed by atoms with E-state index in [0.29, 0.717) is 5.91 Å². The number of aryl methyl sites for hydroxylation is 1. The lowest BCUT2D eigenvalue weighted by atomic mass is 9.95. The van der Waals surface area contributed by atoms with Gasteiger partial charge in [-0.15, -0.1) is 0 Å². The predicted octanol–water partition coefficient (Wildman–Crippen LogP) is 2.83. The van der Waals surface area contributed by atoms with Crippen LogP contribution in [-0.2, 0) is 11.3 Å². The average Bonchev–Trinajstić information content (AvgIpc) is 3.03. The molecule has 0 N–H and O–H groups in total. The summed E-state index contributed by atoms with van der Waals surface area (Å²) >= 11 is 0. The first-order valence-electron chi connectivity index (χ1n) is 8.29. The van der Waals surface area contributed by atoms with Crippen LogP contribution in [0.2, 0.25) is 0 Å². The van der Waals surface area contributed by atoms with Crippen molar-refractivity contribution >= 4 is 5.91 Å². The molecule has 0 aromatic heterocycles. The van der Waals surface area contributed by atoms with Crippen molar-refractivity contribution in [1.29, 1.82) is 0 Å². The van der Waals surface area contributed by atoms with Crippen LogP contribution in [0.25, 0.3) is 0 Å². The summed E-state index contributed by atoms with van der Waals surface area (Å²) in [5, 5.41) is 0. The number of hydrogen-bond acceptors (Lipinski definition) is 2. The Morgan fingerprint density at radius 3 is 2.67 bits per heavy atom. The Kier molecular flexibility index (Phi) is 4.59. The molecule has 1 aromatic rings. The highest BCUT2D eigenvalue weighted by Crippen LogP contribution is 2.23. The van der Waals surface area contributed by atoms with Crippen LogP contribution < -0.4 is 0 Å². The van der Waals surface area contributed by atoms with Crippen molar-refractivity contribution in [3.05, 3.63) is 35.4 Å². The average molecular weight is 286 g/mol. The Bertz CT molecular complexity index is 494. The molecule has 1 amide bonds. The molecule has 0 bridgehead atoms. The molecule has 1 aromatic carbocycles. The lowest BCUT2D eigenvalue weighted by Crippen LogP contribution is -2.43. The number of benzene rings is 1. The normalized spacial score (nSPS) is 23.5. The van der Waals surface area contributed by atoms with Crippen molar-refractivity contribution in [3.8, 4) is 0 Å². The highest BCUT2D eigenvalue weighted by Gasteiger charge is 2.30. The van der Waals surface area contributed by atoms with Gasteiger partial charge in [-0.05, 0) is 50.3 Å². The molecule has 2 heterocycles. The predicted molar refractivity (Wildman–Crippen MR) is 85.0 cm³/mol. The van der Waals surface area contributed by atoms with Crippen LogP contribution >= 0.6 is 0 Å². The first-order valence-corrected chi connectivity index (χ1v) is 8.29. The zero-order chi connectivity index (χ0) is 14.7. The van der Waals surface area contributed by atoms with Gasteiger partial charge in [0.05, 0.1) is 5.92 Å². The number of carbonyl (C=O) groups is 1. The fourth-order valence-corrected chi connectivity index (χ4v) is 3.62. The summed E-state index contributed by atoms with van der Waals surface area (Å²) in [6.45, 7) is 7.17. The van der Waals surface area contributed by atoms with E-state index in [2.05, 4.69) is 41.0 Å². The lowest BCUT2D eigenvalue weighted by Gasteiger charge is -2.34. The maximum Gasteiger partial charge on any atom is 0.226 e. The number of piperidine rings is 1. The van der Waals surface area contributed by atoms with E-state index in [-0.39, 0.29) is 5.92 Å². The highest BCUT2D eigenvalue weighted by molar-refractivity contribution is 5.79. The second-order valence-corrected chi connectivity index (χ2v) is 6.53. The minimum atomic E-state index is 0.223. The van der Waals surface area contributed by atoms with Crippen molar-refractivity contribution < 1.29 is 4.79 Å². The monoisotopic (exact) mass is 286 g/mol. The standard InChI is InChI=1S/C18H26N2O/c1-15-7-2-3-8-16(15)13-19-10-6-9-17(14-19)18(21)20-11-4-5-12-20/h2-3,7-8,17H,4-6,9-14H2,1H3/t17-/m1/s1. The largest absolute Gasteiger partial charge is 0.342 e. The molecule has 2 aliphatic rings. The number of likely N-dealkylation sites (tertiary alicyclic amines) is 2. The molecular formula is C18H26N2O. The first-order chi connectivity index (χ1) is 10.2. The van der Waals surface area contributed by atoms with Gasteiger partial charge in [-0.2, -0.15) is 0 Å². The van der Waals surface area contributed by atoms with Gasteiger partial charge in [-0.3, -0.25) is 9.69 Å². The number of hydrogen-bond donors (Lipinski definition) is 0. The van der Waals surface area contributed by atoms with Crippen molar-refractivity contribution in [2.75, 3.05) is 26.2 Å². The number of carbonyl (C=O) groups excluding carboxylic acids is 1. The molecule has 0 aliphatic carbocycles. The molecule has 3 heteroatoms. The smallest absolute Gasteiger partial charge is 0.226 e. The molecule has 0 spiro atoms. The molecule has 2 fully saturated rings. The van der Waals surface area contributed by atoms with Gasteiger partial charge in [0.2, 0.25) is 5.91 Å². The molecule has 114 valence electrons. The third kappa shape index (κ3) is 3.46. The lowest BCUT2D eigenvalue weighted by molar-refractivity contribution is -0.136. The van der Waals surface area contributed by atoms with Crippen LogP contribution in [0.1, 0.15) is 36.8 Å². The summed E-state index contributed by atoms with van der Waals surface area (Å²) in [4.78, 5) is 17.1. The van der Waals surface area contributed by atoms with Gasteiger partial charge >= 0.3 is 0 Å². The summed E-state index contributed by atoms with van der Waals surface area (Å²) in [6.07, 6.45) is 4.59. The number of nitrogens with zero attached hydrogens (tertiary/aromatic N) is 2. The summed E-state index contributed by atoms with van der Waals surface area (Å²) in [6, 6.07) is 8.58. The zero-order valence-electron chi connectivity index (χ0n) is 13.1. The van der Waals surface area contributed by atoms with Crippen LogP contribution in [0.4, 0.5) is 0 Å². The second-order valence-electron chi connectivity index (χ2n) is 6.53. The number of rotatable bonds is 3. The molecule has 21 heavy (non-hydrogen) atoms. The van der Waals surface area contributed by atoms with Crippen LogP contribution in [0.15, 0.2) is 24.3 Å². The number of amides is 1. The van der Waals surface area contributed by atoms with Crippen LogP contribution in [-0.4, -0.2) is 41.9 Å².